The molecule has 0 aliphatic rings. The highest BCUT2D eigenvalue weighted by Crippen LogP contribution is 2.28. The van der Waals surface area contributed by atoms with Crippen molar-refractivity contribution in [3.63, 3.8) is 0 Å². The molecule has 0 aliphatic carbocycles. The maximum atomic E-state index is 11.9. The van der Waals surface area contributed by atoms with Crippen LogP contribution in [0, 0.1) is 5.41 Å². The number of hydrogen-bond acceptors (Lipinski definition) is 1. The minimum Gasteiger partial charge on any atom is -0.324 e. The summed E-state index contributed by atoms with van der Waals surface area (Å²) < 4.78 is 0. The smallest absolute Gasteiger partial charge is 0.230 e. The fourth-order valence-corrected chi connectivity index (χ4v) is 1.38. The topological polar surface area (TPSA) is 29.1 Å². The largest absolute Gasteiger partial charge is 0.324 e. The van der Waals surface area contributed by atoms with E-state index in [1.54, 1.807) is 18.2 Å². The second-order valence-corrected chi connectivity index (χ2v) is 5.16. The van der Waals surface area contributed by atoms with Gasteiger partial charge in [-0.15, -0.1) is 0 Å². The summed E-state index contributed by atoms with van der Waals surface area (Å²) in [5, 5.41) is 3.83. The summed E-state index contributed by atoms with van der Waals surface area (Å²) >= 11 is 11.8. The Morgan fingerprint density at radius 1 is 1.38 bits per heavy atom. The van der Waals surface area contributed by atoms with Gasteiger partial charge >= 0.3 is 0 Å². The highest BCUT2D eigenvalue weighted by Gasteiger charge is 2.25. The zero-order chi connectivity index (χ0) is 12.3. The van der Waals surface area contributed by atoms with Crippen molar-refractivity contribution in [1.29, 1.82) is 0 Å². The molecule has 0 fully saturated rings. The first-order valence-corrected chi connectivity index (χ1v) is 5.89. The Bertz CT molecular complexity index is 402. The maximum Gasteiger partial charge on any atom is 0.230 e. The number of amides is 1. The number of benzene rings is 1. The van der Waals surface area contributed by atoms with E-state index in [1.165, 1.54) is 0 Å². The molecule has 2 nitrogen and oxygen atoms in total. The SMILES string of the molecule is CCC(C)(C)C(=O)Nc1cc(Cl)ccc1Cl. The van der Waals surface area contributed by atoms with E-state index in [9.17, 15) is 4.79 Å². The van der Waals surface area contributed by atoms with Gasteiger partial charge in [-0.1, -0.05) is 44.0 Å². The Morgan fingerprint density at radius 3 is 2.56 bits per heavy atom. The summed E-state index contributed by atoms with van der Waals surface area (Å²) in [6.45, 7) is 5.75. The van der Waals surface area contributed by atoms with E-state index in [0.717, 1.165) is 6.42 Å². The van der Waals surface area contributed by atoms with Crippen LogP contribution < -0.4 is 5.32 Å². The molecule has 0 spiro atoms. The number of rotatable bonds is 3. The molecule has 0 saturated carbocycles. The Kier molecular flexibility index (Phi) is 4.22. The van der Waals surface area contributed by atoms with E-state index < -0.39 is 5.41 Å². The van der Waals surface area contributed by atoms with Crippen LogP contribution >= 0.6 is 23.2 Å². The highest BCUT2D eigenvalue weighted by molar-refractivity contribution is 6.35. The first kappa shape index (κ1) is 13.3. The average molecular weight is 260 g/mol. The van der Waals surface area contributed by atoms with Gasteiger partial charge in [0.1, 0.15) is 0 Å². The molecule has 16 heavy (non-hydrogen) atoms. The summed E-state index contributed by atoms with van der Waals surface area (Å²) in [5.74, 6) is -0.0563. The highest BCUT2D eigenvalue weighted by atomic mass is 35.5. The lowest BCUT2D eigenvalue weighted by Crippen LogP contribution is -2.30. The first-order valence-electron chi connectivity index (χ1n) is 5.13. The molecule has 0 radical (unpaired) electrons. The molecule has 0 atom stereocenters. The van der Waals surface area contributed by atoms with E-state index in [-0.39, 0.29) is 5.91 Å². The predicted molar refractivity (Wildman–Crippen MR) is 69.2 cm³/mol. The van der Waals surface area contributed by atoms with E-state index >= 15 is 0 Å². The summed E-state index contributed by atoms with van der Waals surface area (Å²) in [4.78, 5) is 11.9. The quantitative estimate of drug-likeness (QED) is 0.859. The van der Waals surface area contributed by atoms with Crippen molar-refractivity contribution in [2.45, 2.75) is 27.2 Å². The molecular weight excluding hydrogens is 245 g/mol. The zero-order valence-electron chi connectivity index (χ0n) is 9.60. The molecule has 0 saturated heterocycles. The van der Waals surface area contributed by atoms with Crippen molar-refractivity contribution in [3.8, 4) is 0 Å². The lowest BCUT2D eigenvalue weighted by atomic mass is 9.89. The third-order valence-corrected chi connectivity index (χ3v) is 3.24. The predicted octanol–water partition coefficient (Wildman–Crippen LogP) is 4.37. The summed E-state index contributed by atoms with van der Waals surface area (Å²) in [5.41, 5.74) is 0.145. The van der Waals surface area contributed by atoms with Crippen LogP contribution in [-0.2, 0) is 4.79 Å². The van der Waals surface area contributed by atoms with Gasteiger partial charge in [-0.3, -0.25) is 4.79 Å². The molecule has 0 aliphatic heterocycles. The molecule has 0 heterocycles. The van der Waals surface area contributed by atoms with Gasteiger partial charge < -0.3 is 5.32 Å². The van der Waals surface area contributed by atoms with E-state index in [0.29, 0.717) is 15.7 Å². The fraction of sp³-hybridized carbons (Fsp3) is 0.417. The third-order valence-electron chi connectivity index (χ3n) is 2.68. The molecule has 0 unspecified atom stereocenters. The average Bonchev–Trinajstić information content (AvgIpc) is 2.23. The van der Waals surface area contributed by atoms with Gasteiger partial charge in [0.25, 0.3) is 0 Å². The Labute approximate surface area is 106 Å². The monoisotopic (exact) mass is 259 g/mol. The molecular formula is C12H15Cl2NO. The number of carbonyl (C=O) groups excluding carboxylic acids is 1. The number of carbonyl (C=O) groups is 1. The van der Waals surface area contributed by atoms with Gasteiger partial charge in [0, 0.05) is 10.4 Å². The first-order chi connectivity index (χ1) is 7.36. The lowest BCUT2D eigenvalue weighted by molar-refractivity contribution is -0.124. The summed E-state index contributed by atoms with van der Waals surface area (Å²) in [6.07, 6.45) is 0.761. The number of hydrogen-bond donors (Lipinski definition) is 1. The molecule has 88 valence electrons. The zero-order valence-corrected chi connectivity index (χ0v) is 11.1. The molecule has 1 aromatic carbocycles. The molecule has 1 amide bonds. The van der Waals surface area contributed by atoms with Crippen LogP contribution in [0.15, 0.2) is 18.2 Å². The minimum absolute atomic E-state index is 0.0563. The van der Waals surface area contributed by atoms with Crippen molar-refractivity contribution < 1.29 is 4.79 Å². The van der Waals surface area contributed by atoms with Crippen LogP contribution in [0.1, 0.15) is 27.2 Å². The number of halogens is 2. The van der Waals surface area contributed by atoms with Crippen LogP contribution in [0.4, 0.5) is 5.69 Å². The molecule has 1 rings (SSSR count). The van der Waals surface area contributed by atoms with Crippen molar-refractivity contribution in [1.82, 2.24) is 0 Å². The fourth-order valence-electron chi connectivity index (χ4n) is 1.05. The van der Waals surface area contributed by atoms with Crippen molar-refractivity contribution >= 4 is 34.8 Å². The van der Waals surface area contributed by atoms with Gasteiger partial charge in [-0.05, 0) is 24.6 Å². The van der Waals surface area contributed by atoms with Crippen molar-refractivity contribution in [2.75, 3.05) is 5.32 Å². The van der Waals surface area contributed by atoms with Crippen LogP contribution in [0.3, 0.4) is 0 Å². The molecule has 1 N–H and O–H groups in total. The van der Waals surface area contributed by atoms with E-state index in [1.807, 2.05) is 20.8 Å². The molecule has 1 aromatic rings. The second kappa shape index (κ2) is 5.07. The Morgan fingerprint density at radius 2 is 2.00 bits per heavy atom. The van der Waals surface area contributed by atoms with Gasteiger partial charge in [-0.2, -0.15) is 0 Å². The molecule has 0 bridgehead atoms. The van der Waals surface area contributed by atoms with Gasteiger partial charge in [-0.25, -0.2) is 0 Å². The maximum absolute atomic E-state index is 11.9. The number of anilines is 1. The summed E-state index contributed by atoms with van der Waals surface area (Å²) in [7, 11) is 0. The molecule has 0 aromatic heterocycles. The van der Waals surface area contributed by atoms with E-state index in [4.69, 9.17) is 23.2 Å². The second-order valence-electron chi connectivity index (χ2n) is 4.32. The molecule has 4 heteroatoms. The normalized spacial score (nSPS) is 11.3. The van der Waals surface area contributed by atoms with E-state index in [2.05, 4.69) is 5.32 Å². The van der Waals surface area contributed by atoms with Crippen molar-refractivity contribution in [3.05, 3.63) is 28.2 Å². The Hall–Kier alpha value is -0.730. The number of nitrogens with one attached hydrogen (secondary N) is 1. The van der Waals surface area contributed by atoms with Gasteiger partial charge in [0.15, 0.2) is 0 Å². The standard InChI is InChI=1S/C12H15Cl2NO/c1-4-12(2,3)11(16)15-10-7-8(13)5-6-9(10)14/h5-7H,4H2,1-3H3,(H,15,16). The lowest BCUT2D eigenvalue weighted by Gasteiger charge is -2.21. The van der Waals surface area contributed by atoms with Crippen LogP contribution in [0.2, 0.25) is 10.0 Å². The van der Waals surface area contributed by atoms with Gasteiger partial charge in [0.05, 0.1) is 10.7 Å². The minimum atomic E-state index is -0.411. The van der Waals surface area contributed by atoms with Crippen LogP contribution in [0.5, 0.6) is 0 Å². The third kappa shape index (κ3) is 3.13. The Balaban J connectivity index is 2.89. The van der Waals surface area contributed by atoms with Gasteiger partial charge in [0.2, 0.25) is 5.91 Å². The van der Waals surface area contributed by atoms with Crippen LogP contribution in [-0.4, -0.2) is 5.91 Å². The van der Waals surface area contributed by atoms with Crippen molar-refractivity contribution in [2.24, 2.45) is 5.41 Å². The summed E-state index contributed by atoms with van der Waals surface area (Å²) in [6, 6.07) is 5.00. The van der Waals surface area contributed by atoms with Crippen LogP contribution in [0.25, 0.3) is 0 Å².